The van der Waals surface area contributed by atoms with E-state index in [0.717, 1.165) is 25.7 Å². The number of ether oxygens (including phenoxy) is 1. The Morgan fingerprint density at radius 1 is 1.07 bits per heavy atom. The van der Waals surface area contributed by atoms with Crippen LogP contribution < -0.4 is 11.1 Å². The number of urea groups is 1. The highest BCUT2D eigenvalue weighted by Gasteiger charge is 2.21. The fraction of sp³-hybridized carbons (Fsp3) is 0.526. The van der Waals surface area contributed by atoms with Crippen molar-refractivity contribution < 1.29 is 19.1 Å². The number of esters is 1. The summed E-state index contributed by atoms with van der Waals surface area (Å²) < 4.78 is 5.14. The quantitative estimate of drug-likeness (QED) is 0.723. The number of halogens is 1. The molecule has 0 radical (unpaired) electrons. The molecule has 27 heavy (non-hydrogen) atoms. The molecule has 1 aliphatic heterocycles. The van der Waals surface area contributed by atoms with E-state index in [1.807, 2.05) is 0 Å². The monoisotopic (exact) mass is 395 g/mol. The van der Waals surface area contributed by atoms with Gasteiger partial charge in [0.15, 0.2) is 6.61 Å². The molecule has 3 N–H and O–H groups in total. The molecule has 0 unspecified atom stereocenters. The summed E-state index contributed by atoms with van der Waals surface area (Å²) in [6, 6.07) is 5.30. The molecule has 1 heterocycles. The van der Waals surface area contributed by atoms with Crippen molar-refractivity contribution in [1.29, 1.82) is 0 Å². The lowest BCUT2D eigenvalue weighted by atomic mass is 10.0. The lowest BCUT2D eigenvalue weighted by molar-refractivity contribution is -0.152. The van der Waals surface area contributed by atoms with Crippen LogP contribution in [-0.4, -0.2) is 42.5 Å². The van der Waals surface area contributed by atoms with Crippen molar-refractivity contribution in [2.45, 2.75) is 44.6 Å². The number of hydrogen-bond acceptors (Lipinski definition) is 4. The van der Waals surface area contributed by atoms with Gasteiger partial charge in [-0.15, -0.1) is 0 Å². The average Bonchev–Trinajstić information content (AvgIpc) is 2.59. The van der Waals surface area contributed by atoms with E-state index in [0.29, 0.717) is 23.7 Å². The number of nitrogens with one attached hydrogen (secondary N) is 1. The average molecular weight is 396 g/mol. The van der Waals surface area contributed by atoms with E-state index in [1.165, 1.54) is 6.42 Å². The molecular formula is C19H26ClN3O4. The molecular weight excluding hydrogens is 370 g/mol. The maximum atomic E-state index is 12.3. The Morgan fingerprint density at radius 2 is 1.67 bits per heavy atom. The maximum absolute atomic E-state index is 12.3. The Balaban J connectivity index is 1.87. The van der Waals surface area contributed by atoms with Gasteiger partial charge in [-0.25, -0.2) is 4.79 Å². The SMILES string of the molecule is NC(=O)N[C@H](CC(=O)OCC(=O)N1CCCCCCC1)c1ccc(Cl)cc1. The lowest BCUT2D eigenvalue weighted by Crippen LogP contribution is -2.38. The van der Waals surface area contributed by atoms with Crippen molar-refractivity contribution in [3.8, 4) is 0 Å². The Bertz CT molecular complexity index is 643. The zero-order valence-corrected chi connectivity index (χ0v) is 16.0. The van der Waals surface area contributed by atoms with Gasteiger partial charge in [0, 0.05) is 18.1 Å². The first-order valence-corrected chi connectivity index (χ1v) is 9.58. The molecule has 0 aromatic heterocycles. The molecule has 1 atom stereocenters. The molecule has 2 rings (SSSR count). The molecule has 0 aliphatic carbocycles. The smallest absolute Gasteiger partial charge is 0.312 e. The third-order valence-electron chi connectivity index (χ3n) is 4.53. The van der Waals surface area contributed by atoms with E-state index in [2.05, 4.69) is 5.32 Å². The summed E-state index contributed by atoms with van der Waals surface area (Å²) in [6.45, 7) is 1.11. The summed E-state index contributed by atoms with van der Waals surface area (Å²) in [5, 5.41) is 3.05. The number of hydrogen-bond donors (Lipinski definition) is 2. The molecule has 1 fully saturated rings. The molecule has 1 aliphatic rings. The summed E-state index contributed by atoms with van der Waals surface area (Å²) in [7, 11) is 0. The minimum absolute atomic E-state index is 0.127. The van der Waals surface area contributed by atoms with Gasteiger partial charge in [0.05, 0.1) is 12.5 Å². The van der Waals surface area contributed by atoms with Gasteiger partial charge in [-0.1, -0.05) is 43.0 Å². The molecule has 1 aromatic rings. The molecule has 0 saturated carbocycles. The van der Waals surface area contributed by atoms with Gasteiger partial charge < -0.3 is 20.7 Å². The van der Waals surface area contributed by atoms with Crippen LogP contribution in [0.4, 0.5) is 4.79 Å². The van der Waals surface area contributed by atoms with Gasteiger partial charge in [-0.05, 0) is 30.5 Å². The van der Waals surface area contributed by atoms with Crippen molar-refractivity contribution in [3.05, 3.63) is 34.9 Å². The highest BCUT2D eigenvalue weighted by Crippen LogP contribution is 2.20. The molecule has 148 valence electrons. The zero-order valence-electron chi connectivity index (χ0n) is 15.3. The van der Waals surface area contributed by atoms with E-state index in [9.17, 15) is 14.4 Å². The minimum Gasteiger partial charge on any atom is -0.455 e. The third kappa shape index (κ3) is 7.46. The molecule has 1 aromatic carbocycles. The van der Waals surface area contributed by atoms with E-state index in [4.69, 9.17) is 22.1 Å². The van der Waals surface area contributed by atoms with Crippen molar-refractivity contribution in [1.82, 2.24) is 10.2 Å². The normalized spacial score (nSPS) is 16.0. The molecule has 1 saturated heterocycles. The second kappa shape index (κ2) is 10.8. The highest BCUT2D eigenvalue weighted by molar-refractivity contribution is 6.30. The van der Waals surface area contributed by atoms with Gasteiger partial charge >= 0.3 is 12.0 Å². The summed E-state index contributed by atoms with van der Waals surface area (Å²) in [4.78, 5) is 37.4. The molecule has 8 heteroatoms. The van der Waals surface area contributed by atoms with Crippen LogP contribution in [0.2, 0.25) is 5.02 Å². The first-order valence-electron chi connectivity index (χ1n) is 9.20. The number of nitrogens with zero attached hydrogens (tertiary/aromatic N) is 1. The van der Waals surface area contributed by atoms with Crippen LogP contribution in [0, 0.1) is 0 Å². The number of benzene rings is 1. The minimum atomic E-state index is -0.751. The fourth-order valence-corrected chi connectivity index (χ4v) is 3.20. The third-order valence-corrected chi connectivity index (χ3v) is 4.78. The number of nitrogens with two attached hydrogens (primary N) is 1. The van der Waals surface area contributed by atoms with Crippen LogP contribution in [0.15, 0.2) is 24.3 Å². The summed E-state index contributed by atoms with van der Waals surface area (Å²) in [5.41, 5.74) is 5.87. The predicted octanol–water partition coefficient (Wildman–Crippen LogP) is 2.78. The summed E-state index contributed by atoms with van der Waals surface area (Å²) >= 11 is 5.86. The Labute approximate surface area is 164 Å². The largest absolute Gasteiger partial charge is 0.455 e. The van der Waals surface area contributed by atoms with E-state index >= 15 is 0 Å². The van der Waals surface area contributed by atoms with Gasteiger partial charge in [-0.3, -0.25) is 9.59 Å². The Morgan fingerprint density at radius 3 is 2.26 bits per heavy atom. The number of likely N-dealkylation sites (tertiary alicyclic amines) is 1. The summed E-state index contributed by atoms with van der Waals surface area (Å²) in [6.07, 6.45) is 5.26. The van der Waals surface area contributed by atoms with Crippen LogP contribution in [0.25, 0.3) is 0 Å². The second-order valence-electron chi connectivity index (χ2n) is 6.63. The van der Waals surface area contributed by atoms with Crippen molar-refractivity contribution in [2.75, 3.05) is 19.7 Å². The number of rotatable bonds is 6. The van der Waals surface area contributed by atoms with E-state index in [1.54, 1.807) is 29.2 Å². The summed E-state index contributed by atoms with van der Waals surface area (Å²) in [5.74, 6) is -0.764. The van der Waals surface area contributed by atoms with Crippen LogP contribution >= 0.6 is 11.6 Å². The molecule has 7 nitrogen and oxygen atoms in total. The second-order valence-corrected chi connectivity index (χ2v) is 7.06. The molecule has 0 bridgehead atoms. The number of primary amides is 1. The Kier molecular flexibility index (Phi) is 8.39. The van der Waals surface area contributed by atoms with Gasteiger partial charge in [0.25, 0.3) is 5.91 Å². The first-order chi connectivity index (χ1) is 13.0. The molecule has 0 spiro atoms. The predicted molar refractivity (Wildman–Crippen MR) is 102 cm³/mol. The van der Waals surface area contributed by atoms with Crippen molar-refractivity contribution >= 4 is 29.5 Å². The van der Waals surface area contributed by atoms with Gasteiger partial charge in [-0.2, -0.15) is 0 Å². The van der Waals surface area contributed by atoms with Crippen LogP contribution in [0.1, 0.15) is 50.1 Å². The molecule has 3 amide bonds. The topological polar surface area (TPSA) is 102 Å². The maximum Gasteiger partial charge on any atom is 0.312 e. The standard InChI is InChI=1S/C19H26ClN3O4/c20-15-8-6-14(7-9-15)16(22-19(21)26)12-18(25)27-13-17(24)23-10-4-2-1-3-5-11-23/h6-9,16H,1-5,10-13H2,(H3,21,22,26)/t16-/m1/s1. The zero-order chi connectivity index (χ0) is 19.6. The van der Waals surface area contributed by atoms with Crippen molar-refractivity contribution in [3.63, 3.8) is 0 Å². The van der Waals surface area contributed by atoms with E-state index in [-0.39, 0.29) is 18.9 Å². The fourth-order valence-electron chi connectivity index (χ4n) is 3.07. The lowest BCUT2D eigenvalue weighted by Gasteiger charge is -2.24. The first kappa shape index (κ1) is 21.0. The van der Waals surface area contributed by atoms with Crippen LogP contribution in [0.5, 0.6) is 0 Å². The Hall–Kier alpha value is -2.28. The van der Waals surface area contributed by atoms with Crippen LogP contribution in [-0.2, 0) is 14.3 Å². The number of carbonyl (C=O) groups excluding carboxylic acids is 3. The van der Waals surface area contributed by atoms with Gasteiger partial charge in [0.1, 0.15) is 0 Å². The van der Waals surface area contributed by atoms with Crippen molar-refractivity contribution in [2.24, 2.45) is 5.73 Å². The number of amides is 3. The highest BCUT2D eigenvalue weighted by atomic mass is 35.5. The van der Waals surface area contributed by atoms with E-state index < -0.39 is 18.0 Å². The number of carbonyl (C=O) groups is 3. The van der Waals surface area contributed by atoms with Crippen LogP contribution in [0.3, 0.4) is 0 Å². The van der Waals surface area contributed by atoms with Gasteiger partial charge in [0.2, 0.25) is 0 Å².